The average Bonchev–Trinajstić information content (AvgIpc) is 2.75. The summed E-state index contributed by atoms with van der Waals surface area (Å²) in [6, 6.07) is 9.49. The lowest BCUT2D eigenvalue weighted by Crippen LogP contribution is -2.49. The lowest BCUT2D eigenvalue weighted by molar-refractivity contribution is -0.140. The van der Waals surface area contributed by atoms with Crippen molar-refractivity contribution < 1.29 is 22.4 Å². The molecular weight excluding hydrogens is 516 g/mol. The van der Waals surface area contributed by atoms with Crippen LogP contribution in [0.5, 0.6) is 0 Å². The van der Waals surface area contributed by atoms with Crippen LogP contribution in [0.2, 0.25) is 10.0 Å². The van der Waals surface area contributed by atoms with Crippen LogP contribution in [0.15, 0.2) is 42.5 Å². The number of nitrogens with one attached hydrogen (secondary N) is 1. The van der Waals surface area contributed by atoms with Gasteiger partial charge in [-0.05, 0) is 57.0 Å². The molecule has 35 heavy (non-hydrogen) atoms. The minimum absolute atomic E-state index is 0.0601. The van der Waals surface area contributed by atoms with Crippen molar-refractivity contribution in [3.05, 3.63) is 63.9 Å². The zero-order valence-corrected chi connectivity index (χ0v) is 22.4. The van der Waals surface area contributed by atoms with Crippen molar-refractivity contribution in [1.82, 2.24) is 10.2 Å². The molecule has 0 aliphatic rings. The van der Waals surface area contributed by atoms with Crippen LogP contribution in [0.3, 0.4) is 0 Å². The number of carbonyl (C=O) groups is 2. The zero-order chi connectivity index (χ0) is 26.3. The quantitative estimate of drug-likeness (QED) is 0.446. The Hall–Kier alpha value is -2.36. The van der Waals surface area contributed by atoms with Crippen molar-refractivity contribution in [3.63, 3.8) is 0 Å². The van der Waals surface area contributed by atoms with Crippen molar-refractivity contribution in [2.75, 3.05) is 17.1 Å². The summed E-state index contributed by atoms with van der Waals surface area (Å²) in [5, 5.41) is 3.59. The first-order valence-corrected chi connectivity index (χ1v) is 13.7. The van der Waals surface area contributed by atoms with Gasteiger partial charge in [0.15, 0.2) is 0 Å². The topological polar surface area (TPSA) is 86.8 Å². The fraction of sp³-hybridized carbons (Fsp3) is 0.417. The fourth-order valence-corrected chi connectivity index (χ4v) is 4.89. The molecule has 0 spiro atoms. The molecule has 0 aliphatic carbocycles. The van der Waals surface area contributed by atoms with E-state index in [0.717, 1.165) is 10.6 Å². The molecule has 2 rings (SSSR count). The van der Waals surface area contributed by atoms with Gasteiger partial charge in [-0.25, -0.2) is 12.8 Å². The molecule has 0 bridgehead atoms. The Morgan fingerprint density at radius 1 is 1.09 bits per heavy atom. The Bertz CT molecular complexity index is 1160. The first-order valence-electron chi connectivity index (χ1n) is 11.1. The fourth-order valence-electron chi connectivity index (χ4n) is 3.46. The number of hydrogen-bond donors (Lipinski definition) is 1. The summed E-state index contributed by atoms with van der Waals surface area (Å²) in [5.74, 6) is -1.38. The summed E-state index contributed by atoms with van der Waals surface area (Å²) in [4.78, 5) is 27.3. The molecule has 0 saturated heterocycles. The van der Waals surface area contributed by atoms with E-state index in [1.165, 1.54) is 29.2 Å². The van der Waals surface area contributed by atoms with Crippen LogP contribution >= 0.6 is 23.2 Å². The second-order valence-electron chi connectivity index (χ2n) is 8.49. The third-order valence-corrected chi connectivity index (χ3v) is 6.99. The molecule has 0 aliphatic heterocycles. The van der Waals surface area contributed by atoms with Crippen molar-refractivity contribution in [2.45, 2.75) is 52.2 Å². The van der Waals surface area contributed by atoms with Gasteiger partial charge in [-0.15, -0.1) is 0 Å². The first-order chi connectivity index (χ1) is 16.3. The van der Waals surface area contributed by atoms with Crippen molar-refractivity contribution in [3.8, 4) is 0 Å². The Morgan fingerprint density at radius 2 is 1.74 bits per heavy atom. The lowest BCUT2D eigenvalue weighted by Gasteiger charge is -2.30. The van der Waals surface area contributed by atoms with E-state index in [9.17, 15) is 22.4 Å². The van der Waals surface area contributed by atoms with E-state index in [1.807, 2.05) is 13.8 Å². The number of amides is 2. The van der Waals surface area contributed by atoms with Gasteiger partial charge in [0.05, 0.1) is 11.9 Å². The third kappa shape index (κ3) is 8.37. The molecule has 2 aromatic carbocycles. The third-order valence-electron chi connectivity index (χ3n) is 5.23. The molecule has 0 saturated carbocycles. The summed E-state index contributed by atoms with van der Waals surface area (Å²) in [6.07, 6.45) is 1.03. The van der Waals surface area contributed by atoms with Crippen LogP contribution in [0.1, 0.15) is 39.2 Å². The van der Waals surface area contributed by atoms with Gasteiger partial charge in [0.1, 0.15) is 11.9 Å². The van der Waals surface area contributed by atoms with E-state index >= 15 is 0 Å². The Kier molecular flexibility index (Phi) is 10.4. The van der Waals surface area contributed by atoms with Crippen LogP contribution in [0.25, 0.3) is 0 Å². The Balaban J connectivity index is 2.22. The van der Waals surface area contributed by atoms with Gasteiger partial charge in [-0.1, -0.05) is 41.4 Å². The monoisotopic (exact) mass is 545 g/mol. The summed E-state index contributed by atoms with van der Waals surface area (Å²) >= 11 is 12.3. The summed E-state index contributed by atoms with van der Waals surface area (Å²) in [6.45, 7) is 5.20. The zero-order valence-electron chi connectivity index (χ0n) is 20.1. The van der Waals surface area contributed by atoms with Gasteiger partial charge in [0.2, 0.25) is 21.8 Å². The number of anilines is 1. The molecule has 192 valence electrons. The van der Waals surface area contributed by atoms with Gasteiger partial charge in [-0.3, -0.25) is 13.9 Å². The second-order valence-corrected chi connectivity index (χ2v) is 11.2. The van der Waals surface area contributed by atoms with E-state index in [2.05, 4.69) is 5.32 Å². The van der Waals surface area contributed by atoms with Gasteiger partial charge in [0, 0.05) is 35.6 Å². The maximum absolute atomic E-state index is 14.2. The Morgan fingerprint density at radius 3 is 2.31 bits per heavy atom. The number of halogens is 3. The Labute approximate surface area is 216 Å². The molecule has 1 N–H and O–H groups in total. The van der Waals surface area contributed by atoms with Gasteiger partial charge in [-0.2, -0.15) is 0 Å². The normalized spacial score (nSPS) is 12.3. The molecule has 7 nitrogen and oxygen atoms in total. The first kappa shape index (κ1) is 28.9. The summed E-state index contributed by atoms with van der Waals surface area (Å²) < 4.78 is 39.8. The maximum Gasteiger partial charge on any atom is 0.242 e. The predicted octanol–water partition coefficient (Wildman–Crippen LogP) is 4.62. The van der Waals surface area contributed by atoms with Crippen molar-refractivity contribution in [2.24, 2.45) is 0 Å². The minimum atomic E-state index is -3.79. The number of hydrogen-bond acceptors (Lipinski definition) is 4. The van der Waals surface area contributed by atoms with Gasteiger partial charge >= 0.3 is 0 Å². The van der Waals surface area contributed by atoms with Gasteiger partial charge < -0.3 is 10.2 Å². The van der Waals surface area contributed by atoms with Crippen LogP contribution in [0.4, 0.5) is 10.1 Å². The number of nitrogens with zero attached hydrogens (tertiary/aromatic N) is 2. The minimum Gasteiger partial charge on any atom is -0.352 e. The van der Waals surface area contributed by atoms with Gasteiger partial charge in [0.25, 0.3) is 0 Å². The molecule has 1 atom stereocenters. The summed E-state index contributed by atoms with van der Waals surface area (Å²) in [7, 11) is -3.79. The molecule has 0 fully saturated rings. The molecule has 0 aromatic heterocycles. The SMILES string of the molecule is CC(C)NC(=O)C(C)N(Cc1ccc(Cl)cc1Cl)C(=O)CCCN(c1ccccc1F)S(C)(=O)=O. The summed E-state index contributed by atoms with van der Waals surface area (Å²) in [5.41, 5.74) is 0.523. The maximum atomic E-state index is 14.2. The highest BCUT2D eigenvalue weighted by molar-refractivity contribution is 7.92. The standard InChI is InChI=1S/C24H30Cl2FN3O4S/c1-16(2)28-24(32)17(3)29(15-18-11-12-19(25)14-20(18)26)23(31)10-7-13-30(35(4,33)34)22-9-6-5-8-21(22)27/h5-6,8-9,11-12,14,16-17H,7,10,13,15H2,1-4H3,(H,28,32). The van der Waals surface area contributed by atoms with Crippen molar-refractivity contribution >= 4 is 50.7 Å². The van der Waals surface area contributed by atoms with E-state index in [0.29, 0.717) is 15.6 Å². The van der Waals surface area contributed by atoms with E-state index in [4.69, 9.17) is 23.2 Å². The van der Waals surface area contributed by atoms with E-state index in [1.54, 1.807) is 25.1 Å². The molecule has 1 unspecified atom stereocenters. The predicted molar refractivity (Wildman–Crippen MR) is 138 cm³/mol. The molecular formula is C24H30Cl2FN3O4S. The number of benzene rings is 2. The van der Waals surface area contributed by atoms with Crippen LogP contribution < -0.4 is 9.62 Å². The highest BCUT2D eigenvalue weighted by Crippen LogP contribution is 2.25. The number of sulfonamides is 1. The molecule has 0 radical (unpaired) electrons. The highest BCUT2D eigenvalue weighted by atomic mass is 35.5. The van der Waals surface area contributed by atoms with Crippen LogP contribution in [0, 0.1) is 5.82 Å². The lowest BCUT2D eigenvalue weighted by atomic mass is 10.1. The van der Waals surface area contributed by atoms with E-state index in [-0.39, 0.29) is 49.5 Å². The molecule has 11 heteroatoms. The van der Waals surface area contributed by atoms with Crippen molar-refractivity contribution in [1.29, 1.82) is 0 Å². The molecule has 2 amide bonds. The smallest absolute Gasteiger partial charge is 0.242 e. The molecule has 2 aromatic rings. The largest absolute Gasteiger partial charge is 0.352 e. The van der Waals surface area contributed by atoms with E-state index < -0.39 is 21.9 Å². The number of rotatable bonds is 11. The number of carbonyl (C=O) groups excluding carboxylic acids is 2. The highest BCUT2D eigenvalue weighted by Gasteiger charge is 2.28. The van der Waals surface area contributed by atoms with Crippen LogP contribution in [-0.2, 0) is 26.2 Å². The molecule has 0 heterocycles. The number of para-hydroxylation sites is 1. The van der Waals surface area contributed by atoms with Crippen LogP contribution in [-0.4, -0.2) is 50.0 Å². The second kappa shape index (κ2) is 12.6. The average molecular weight is 546 g/mol.